The molecular formula is C30H43N5O4. The van der Waals surface area contributed by atoms with Gasteiger partial charge in [0, 0.05) is 43.3 Å². The summed E-state index contributed by atoms with van der Waals surface area (Å²) in [7, 11) is 1.43. The minimum absolute atomic E-state index is 0.0983. The Bertz CT molecular complexity index is 1160. The predicted molar refractivity (Wildman–Crippen MR) is 148 cm³/mol. The van der Waals surface area contributed by atoms with Crippen molar-refractivity contribution in [3.63, 3.8) is 0 Å². The summed E-state index contributed by atoms with van der Waals surface area (Å²) < 4.78 is 13.0. The lowest BCUT2D eigenvalue weighted by molar-refractivity contribution is 0.0488. The Balaban J connectivity index is 1.25. The molecular weight excluding hydrogens is 494 g/mol. The van der Waals surface area contributed by atoms with Gasteiger partial charge in [-0.1, -0.05) is 30.3 Å². The van der Waals surface area contributed by atoms with Crippen molar-refractivity contribution in [2.45, 2.75) is 103 Å². The third kappa shape index (κ3) is 6.08. The van der Waals surface area contributed by atoms with E-state index in [9.17, 15) is 9.59 Å². The first kappa shape index (κ1) is 27.5. The van der Waals surface area contributed by atoms with Crippen molar-refractivity contribution in [3.05, 3.63) is 53.1 Å². The van der Waals surface area contributed by atoms with E-state index in [1.807, 2.05) is 39.0 Å². The number of ether oxygens (including phenoxy) is 2. The van der Waals surface area contributed by atoms with Gasteiger partial charge in [0.25, 0.3) is 0 Å². The van der Waals surface area contributed by atoms with Crippen molar-refractivity contribution < 1.29 is 19.1 Å². The number of aromatic nitrogens is 2. The van der Waals surface area contributed by atoms with E-state index in [0.717, 1.165) is 49.3 Å². The SMILES string of the molecule is COC(=O)N1CCc2c(nc(C)n2C2CC3CCC(C2)N3CC[C@H](NC(=O)OC(C)(C)C)c2ccccc2)C1. The summed E-state index contributed by atoms with van der Waals surface area (Å²) in [6.45, 7) is 9.89. The van der Waals surface area contributed by atoms with Crippen LogP contribution in [0.25, 0.3) is 0 Å². The van der Waals surface area contributed by atoms with Gasteiger partial charge in [-0.05, 0) is 65.4 Å². The van der Waals surface area contributed by atoms with Crippen LogP contribution >= 0.6 is 0 Å². The smallest absolute Gasteiger partial charge is 0.409 e. The third-order valence-electron chi connectivity index (χ3n) is 8.45. The molecule has 0 aliphatic carbocycles. The number of alkyl carbamates (subject to hydrolysis) is 1. The van der Waals surface area contributed by atoms with E-state index >= 15 is 0 Å². The number of methoxy groups -OCH3 is 1. The largest absolute Gasteiger partial charge is 0.453 e. The topological polar surface area (TPSA) is 88.9 Å². The summed E-state index contributed by atoms with van der Waals surface area (Å²) in [5, 5.41) is 3.13. The zero-order valence-corrected chi connectivity index (χ0v) is 24.0. The van der Waals surface area contributed by atoms with Crippen molar-refractivity contribution in [2.24, 2.45) is 0 Å². The molecule has 1 N–H and O–H groups in total. The van der Waals surface area contributed by atoms with E-state index < -0.39 is 5.60 Å². The van der Waals surface area contributed by atoms with Crippen LogP contribution < -0.4 is 5.32 Å². The van der Waals surface area contributed by atoms with Crippen LogP contribution in [0.3, 0.4) is 0 Å². The summed E-state index contributed by atoms with van der Waals surface area (Å²) in [5.74, 6) is 1.05. The average molecular weight is 538 g/mol. The highest BCUT2D eigenvalue weighted by atomic mass is 16.6. The third-order valence-corrected chi connectivity index (χ3v) is 8.45. The summed E-state index contributed by atoms with van der Waals surface area (Å²) >= 11 is 0. The van der Waals surface area contributed by atoms with Crippen LogP contribution in [0.2, 0.25) is 0 Å². The number of nitrogens with zero attached hydrogens (tertiary/aromatic N) is 4. The van der Waals surface area contributed by atoms with Crippen molar-refractivity contribution in [3.8, 4) is 0 Å². The Hall–Kier alpha value is -3.07. The molecule has 2 unspecified atom stereocenters. The number of hydrogen-bond donors (Lipinski definition) is 1. The Labute approximate surface area is 231 Å². The number of hydrogen-bond acceptors (Lipinski definition) is 6. The van der Waals surface area contributed by atoms with Gasteiger partial charge in [-0.25, -0.2) is 14.6 Å². The van der Waals surface area contributed by atoms with Gasteiger partial charge in [0.05, 0.1) is 25.4 Å². The van der Waals surface area contributed by atoms with Crippen molar-refractivity contribution >= 4 is 12.2 Å². The van der Waals surface area contributed by atoms with Crippen LogP contribution in [0, 0.1) is 6.92 Å². The first-order chi connectivity index (χ1) is 18.6. The van der Waals surface area contributed by atoms with Gasteiger partial charge in [0.1, 0.15) is 11.4 Å². The standard InChI is InChI=1S/C30H43N5O4/c1-20-31-26-19-33(29(37)38-5)15-14-27(26)35(20)24-17-22-11-12-23(18-24)34(22)16-13-25(21-9-7-6-8-10-21)32-28(36)39-30(2,3)4/h6-10,22-25H,11-19H2,1-5H3,(H,32,36)/t22?,23?,24?,25-/m0/s1. The van der Waals surface area contributed by atoms with E-state index in [1.54, 1.807) is 4.90 Å². The maximum Gasteiger partial charge on any atom is 0.409 e. The molecule has 2 fully saturated rings. The number of piperidine rings is 1. The molecule has 2 bridgehead atoms. The first-order valence-electron chi connectivity index (χ1n) is 14.3. The first-order valence-corrected chi connectivity index (χ1v) is 14.3. The molecule has 9 heteroatoms. The second kappa shape index (κ2) is 11.2. The highest BCUT2D eigenvalue weighted by molar-refractivity contribution is 5.68. The van der Waals surface area contributed by atoms with E-state index in [4.69, 9.17) is 14.5 Å². The average Bonchev–Trinajstić information content (AvgIpc) is 3.35. The summed E-state index contributed by atoms with van der Waals surface area (Å²) in [5.41, 5.74) is 2.87. The fourth-order valence-corrected chi connectivity index (χ4v) is 6.87. The molecule has 2 aromatic rings. The number of amides is 2. The molecule has 39 heavy (non-hydrogen) atoms. The Morgan fingerprint density at radius 1 is 1.10 bits per heavy atom. The van der Waals surface area contributed by atoms with Gasteiger partial charge < -0.3 is 24.3 Å². The molecule has 212 valence electrons. The lowest BCUT2D eigenvalue weighted by Crippen LogP contribution is -2.45. The van der Waals surface area contributed by atoms with Crippen LogP contribution in [0.15, 0.2) is 30.3 Å². The van der Waals surface area contributed by atoms with Gasteiger partial charge in [0.15, 0.2) is 0 Å². The zero-order chi connectivity index (χ0) is 27.7. The highest BCUT2D eigenvalue weighted by Crippen LogP contribution is 2.43. The molecule has 3 atom stereocenters. The van der Waals surface area contributed by atoms with Crippen LogP contribution in [0.1, 0.15) is 87.7 Å². The normalized spacial score (nSPS) is 23.7. The number of rotatable bonds is 6. The molecule has 9 nitrogen and oxygen atoms in total. The van der Waals surface area contributed by atoms with Gasteiger partial charge in [-0.3, -0.25) is 4.90 Å². The fraction of sp³-hybridized carbons (Fsp3) is 0.633. The number of carbonyl (C=O) groups is 2. The van der Waals surface area contributed by atoms with Gasteiger partial charge in [0.2, 0.25) is 0 Å². The molecule has 5 rings (SSSR count). The Morgan fingerprint density at radius 2 is 1.79 bits per heavy atom. The molecule has 0 spiro atoms. The van der Waals surface area contributed by atoms with E-state index in [2.05, 4.69) is 33.8 Å². The number of fused-ring (bicyclic) bond motifs is 3. The molecule has 1 aromatic heterocycles. The number of aryl methyl sites for hydroxylation is 1. The number of carbonyl (C=O) groups excluding carboxylic acids is 2. The van der Waals surface area contributed by atoms with Crippen molar-refractivity contribution in [1.29, 1.82) is 0 Å². The molecule has 2 amide bonds. The minimum atomic E-state index is -0.533. The fourth-order valence-electron chi connectivity index (χ4n) is 6.87. The zero-order valence-electron chi connectivity index (χ0n) is 24.0. The van der Waals surface area contributed by atoms with E-state index in [-0.39, 0.29) is 18.2 Å². The van der Waals surface area contributed by atoms with Crippen LogP contribution in [-0.2, 0) is 22.4 Å². The lowest BCUT2D eigenvalue weighted by Gasteiger charge is -2.41. The van der Waals surface area contributed by atoms with E-state index in [1.165, 1.54) is 25.6 Å². The molecule has 0 radical (unpaired) electrons. The molecule has 1 aromatic carbocycles. The maximum atomic E-state index is 12.6. The van der Waals surface area contributed by atoms with Crippen LogP contribution in [0.4, 0.5) is 9.59 Å². The van der Waals surface area contributed by atoms with Gasteiger partial charge in [-0.2, -0.15) is 0 Å². The number of nitrogens with one attached hydrogen (secondary N) is 1. The van der Waals surface area contributed by atoms with Crippen molar-refractivity contribution in [2.75, 3.05) is 20.2 Å². The molecule has 2 saturated heterocycles. The second-order valence-corrected chi connectivity index (χ2v) is 12.2. The highest BCUT2D eigenvalue weighted by Gasteiger charge is 2.42. The van der Waals surface area contributed by atoms with Crippen LogP contribution in [-0.4, -0.2) is 69.4 Å². The molecule has 3 aliphatic heterocycles. The van der Waals surface area contributed by atoms with E-state index in [0.29, 0.717) is 31.2 Å². The second-order valence-electron chi connectivity index (χ2n) is 12.2. The maximum absolute atomic E-state index is 12.6. The van der Waals surface area contributed by atoms with Crippen molar-refractivity contribution in [1.82, 2.24) is 24.7 Å². The summed E-state index contributed by atoms with van der Waals surface area (Å²) in [4.78, 5) is 34.0. The van der Waals surface area contributed by atoms with Crippen LogP contribution in [0.5, 0.6) is 0 Å². The number of imidazole rings is 1. The van der Waals surface area contributed by atoms with Gasteiger partial charge >= 0.3 is 12.2 Å². The monoisotopic (exact) mass is 537 g/mol. The Kier molecular flexibility index (Phi) is 7.89. The van der Waals surface area contributed by atoms with Gasteiger partial charge in [-0.15, -0.1) is 0 Å². The quantitative estimate of drug-likeness (QED) is 0.549. The summed E-state index contributed by atoms with van der Waals surface area (Å²) in [6, 6.07) is 11.6. The lowest BCUT2D eigenvalue weighted by atomic mass is 9.95. The Morgan fingerprint density at radius 3 is 2.44 bits per heavy atom. The molecule has 0 saturated carbocycles. The molecule has 4 heterocycles. The molecule has 3 aliphatic rings. The predicted octanol–water partition coefficient (Wildman–Crippen LogP) is 5.14. The number of benzene rings is 1. The summed E-state index contributed by atoms with van der Waals surface area (Å²) in [6.07, 6.45) is 5.64. The minimum Gasteiger partial charge on any atom is -0.453 e.